The van der Waals surface area contributed by atoms with Crippen LogP contribution in [0.25, 0.3) is 0 Å². The van der Waals surface area contributed by atoms with Crippen LogP contribution < -0.4 is 4.72 Å². The SMILES string of the molecule is CS(=O)(=O)NCCc1ccc(C(=O)COC(=O)c2ccsc2)s1. The van der Waals surface area contributed by atoms with E-state index in [1.54, 1.807) is 29.0 Å². The van der Waals surface area contributed by atoms with Crippen molar-refractivity contribution in [2.45, 2.75) is 6.42 Å². The summed E-state index contributed by atoms with van der Waals surface area (Å²) >= 11 is 2.65. The summed E-state index contributed by atoms with van der Waals surface area (Å²) in [6.45, 7) is -0.0314. The molecule has 0 aliphatic carbocycles. The maximum absolute atomic E-state index is 12.0. The lowest BCUT2D eigenvalue weighted by molar-refractivity contribution is 0.0476. The minimum Gasteiger partial charge on any atom is -0.454 e. The zero-order chi connectivity index (χ0) is 16.9. The summed E-state index contributed by atoms with van der Waals surface area (Å²) in [5, 5.41) is 3.42. The number of carbonyl (C=O) groups excluding carboxylic acids is 2. The summed E-state index contributed by atoms with van der Waals surface area (Å²) in [5.74, 6) is -0.797. The van der Waals surface area contributed by atoms with Crippen LogP contribution in [0.5, 0.6) is 0 Å². The fourth-order valence-corrected chi connectivity index (χ4v) is 3.72. The van der Waals surface area contributed by atoms with Crippen molar-refractivity contribution in [3.05, 3.63) is 44.3 Å². The molecule has 2 rings (SSSR count). The zero-order valence-corrected chi connectivity index (χ0v) is 14.7. The van der Waals surface area contributed by atoms with Gasteiger partial charge in [-0.15, -0.1) is 11.3 Å². The van der Waals surface area contributed by atoms with Gasteiger partial charge in [-0.05, 0) is 30.0 Å². The number of rotatable bonds is 8. The van der Waals surface area contributed by atoms with Crippen molar-refractivity contribution in [1.82, 2.24) is 4.72 Å². The third-order valence-electron chi connectivity index (χ3n) is 2.76. The normalized spacial score (nSPS) is 11.3. The lowest BCUT2D eigenvalue weighted by atomic mass is 10.3. The van der Waals surface area contributed by atoms with Gasteiger partial charge in [0.05, 0.1) is 16.7 Å². The summed E-state index contributed by atoms with van der Waals surface area (Å²) in [7, 11) is -3.21. The first-order valence-electron chi connectivity index (χ1n) is 6.61. The molecule has 0 saturated heterocycles. The van der Waals surface area contributed by atoms with Crippen LogP contribution in [0.1, 0.15) is 24.9 Å². The first kappa shape index (κ1) is 17.8. The summed E-state index contributed by atoms with van der Waals surface area (Å²) in [5.41, 5.74) is 0.432. The van der Waals surface area contributed by atoms with Crippen LogP contribution in [0.4, 0.5) is 0 Å². The fourth-order valence-electron chi connectivity index (χ4n) is 1.69. The van der Waals surface area contributed by atoms with Gasteiger partial charge in [-0.1, -0.05) is 0 Å². The molecule has 0 radical (unpaired) electrons. The van der Waals surface area contributed by atoms with Gasteiger partial charge in [0, 0.05) is 16.8 Å². The second-order valence-corrected chi connectivity index (χ2v) is 8.48. The number of hydrogen-bond acceptors (Lipinski definition) is 7. The molecule has 0 aliphatic heterocycles. The quantitative estimate of drug-likeness (QED) is 0.564. The van der Waals surface area contributed by atoms with Crippen molar-refractivity contribution in [3.63, 3.8) is 0 Å². The molecule has 2 heterocycles. The Morgan fingerprint density at radius 1 is 1.26 bits per heavy atom. The minimum atomic E-state index is -3.21. The Bertz CT molecular complexity index is 777. The van der Waals surface area contributed by atoms with E-state index in [0.29, 0.717) is 16.9 Å². The largest absolute Gasteiger partial charge is 0.454 e. The molecule has 0 atom stereocenters. The van der Waals surface area contributed by atoms with Gasteiger partial charge in [0.2, 0.25) is 15.8 Å². The maximum Gasteiger partial charge on any atom is 0.339 e. The minimum absolute atomic E-state index is 0.277. The van der Waals surface area contributed by atoms with E-state index in [4.69, 9.17) is 4.74 Å². The van der Waals surface area contributed by atoms with Gasteiger partial charge < -0.3 is 4.74 Å². The third-order valence-corrected chi connectivity index (χ3v) is 5.36. The van der Waals surface area contributed by atoms with Crippen molar-refractivity contribution in [2.75, 3.05) is 19.4 Å². The van der Waals surface area contributed by atoms with E-state index in [1.807, 2.05) is 0 Å². The smallest absolute Gasteiger partial charge is 0.339 e. The molecule has 9 heteroatoms. The summed E-state index contributed by atoms with van der Waals surface area (Å²) in [6.07, 6.45) is 1.60. The highest BCUT2D eigenvalue weighted by Gasteiger charge is 2.14. The molecule has 0 aromatic carbocycles. The maximum atomic E-state index is 12.0. The van der Waals surface area contributed by atoms with Crippen LogP contribution >= 0.6 is 22.7 Å². The van der Waals surface area contributed by atoms with E-state index < -0.39 is 16.0 Å². The van der Waals surface area contributed by atoms with Crippen LogP contribution in [0, 0.1) is 0 Å². The molecule has 0 saturated carbocycles. The van der Waals surface area contributed by atoms with E-state index in [-0.39, 0.29) is 18.9 Å². The molecule has 0 spiro atoms. The fraction of sp³-hybridized carbons (Fsp3) is 0.286. The molecule has 0 unspecified atom stereocenters. The first-order chi connectivity index (χ1) is 10.8. The number of hydrogen-bond donors (Lipinski definition) is 1. The highest BCUT2D eigenvalue weighted by Crippen LogP contribution is 2.18. The summed E-state index contributed by atoms with van der Waals surface area (Å²) in [6, 6.07) is 5.05. The third kappa shape index (κ3) is 5.87. The average molecular weight is 373 g/mol. The van der Waals surface area contributed by atoms with Crippen LogP contribution in [-0.2, 0) is 21.2 Å². The first-order valence-corrected chi connectivity index (χ1v) is 10.3. The summed E-state index contributed by atoms with van der Waals surface area (Å²) in [4.78, 5) is 25.0. The number of Topliss-reactive ketones (excluding diaryl/α,β-unsaturated/α-hetero) is 1. The van der Waals surface area contributed by atoms with Crippen LogP contribution in [0.3, 0.4) is 0 Å². The number of sulfonamides is 1. The lowest BCUT2D eigenvalue weighted by Crippen LogP contribution is -2.24. The van der Waals surface area contributed by atoms with Crippen molar-refractivity contribution >= 4 is 44.4 Å². The summed E-state index contributed by atoms with van der Waals surface area (Å²) < 4.78 is 29.3. The van der Waals surface area contributed by atoms with Gasteiger partial charge in [-0.25, -0.2) is 17.9 Å². The Hall–Kier alpha value is -1.55. The molecular weight excluding hydrogens is 358 g/mol. The van der Waals surface area contributed by atoms with Gasteiger partial charge in [-0.3, -0.25) is 4.79 Å². The lowest BCUT2D eigenvalue weighted by Gasteiger charge is -2.01. The van der Waals surface area contributed by atoms with Gasteiger partial charge in [0.1, 0.15) is 0 Å². The number of thiophene rings is 2. The zero-order valence-electron chi connectivity index (χ0n) is 12.3. The van der Waals surface area contributed by atoms with E-state index >= 15 is 0 Å². The highest BCUT2D eigenvalue weighted by atomic mass is 32.2. The molecule has 6 nitrogen and oxygen atoms in total. The number of nitrogens with one attached hydrogen (secondary N) is 1. The second-order valence-electron chi connectivity index (χ2n) is 4.69. The Balaban J connectivity index is 1.82. The second kappa shape index (κ2) is 7.82. The van der Waals surface area contributed by atoms with Crippen molar-refractivity contribution in [2.24, 2.45) is 0 Å². The number of esters is 1. The molecule has 0 amide bonds. The van der Waals surface area contributed by atoms with Gasteiger partial charge in [0.15, 0.2) is 6.61 Å². The Morgan fingerprint density at radius 2 is 2.04 bits per heavy atom. The molecule has 1 N–H and O–H groups in total. The molecule has 2 aromatic heterocycles. The van der Waals surface area contributed by atoms with E-state index in [0.717, 1.165) is 11.1 Å². The van der Waals surface area contributed by atoms with Crippen LogP contribution in [-0.4, -0.2) is 39.6 Å². The Labute approximate surface area is 142 Å². The number of ether oxygens (including phenoxy) is 1. The topological polar surface area (TPSA) is 89.5 Å². The van der Waals surface area contributed by atoms with Crippen LogP contribution in [0.15, 0.2) is 29.0 Å². The van der Waals surface area contributed by atoms with Crippen LogP contribution in [0.2, 0.25) is 0 Å². The predicted octanol–water partition coefficient (Wildman–Crippen LogP) is 1.94. The molecule has 23 heavy (non-hydrogen) atoms. The van der Waals surface area contributed by atoms with Gasteiger partial charge in [0.25, 0.3) is 0 Å². The van der Waals surface area contributed by atoms with E-state index in [9.17, 15) is 18.0 Å². The van der Waals surface area contributed by atoms with Crippen molar-refractivity contribution in [1.29, 1.82) is 0 Å². The molecule has 0 aliphatic rings. The number of ketones is 1. The van der Waals surface area contributed by atoms with Gasteiger partial charge in [-0.2, -0.15) is 11.3 Å². The Morgan fingerprint density at radius 3 is 2.70 bits per heavy atom. The number of carbonyl (C=O) groups is 2. The van der Waals surface area contributed by atoms with Crippen molar-refractivity contribution < 1.29 is 22.7 Å². The average Bonchev–Trinajstić information content (AvgIpc) is 3.14. The van der Waals surface area contributed by atoms with E-state index in [2.05, 4.69) is 4.72 Å². The Kier molecular flexibility index (Phi) is 6.05. The van der Waals surface area contributed by atoms with Gasteiger partial charge >= 0.3 is 5.97 Å². The molecule has 124 valence electrons. The monoisotopic (exact) mass is 373 g/mol. The molecular formula is C14H15NO5S3. The van der Waals surface area contributed by atoms with E-state index in [1.165, 1.54) is 22.7 Å². The molecule has 0 bridgehead atoms. The molecule has 0 fully saturated rings. The highest BCUT2D eigenvalue weighted by molar-refractivity contribution is 7.88. The predicted molar refractivity (Wildman–Crippen MR) is 89.8 cm³/mol. The van der Waals surface area contributed by atoms with Crippen molar-refractivity contribution in [3.8, 4) is 0 Å². The standard InChI is InChI=1S/C14H15NO5S3/c1-23(18,19)15-6-4-11-2-3-13(22-11)12(16)8-20-14(17)10-5-7-21-9-10/h2-3,5,7,9,15H,4,6,8H2,1H3. The molecule has 2 aromatic rings.